The molecule has 4 aromatic rings. The van der Waals surface area contributed by atoms with Gasteiger partial charge in [0.2, 0.25) is 5.91 Å². The number of nitrogens with zero attached hydrogens (tertiary/aromatic N) is 5. The van der Waals surface area contributed by atoms with Crippen molar-refractivity contribution in [2.75, 3.05) is 30.4 Å². The van der Waals surface area contributed by atoms with E-state index in [0.29, 0.717) is 48.8 Å². The summed E-state index contributed by atoms with van der Waals surface area (Å²) in [6, 6.07) is 13.6. The molecule has 1 N–H and O–H groups in total. The van der Waals surface area contributed by atoms with Crippen LogP contribution in [0.15, 0.2) is 54.9 Å². The van der Waals surface area contributed by atoms with Gasteiger partial charge in [0.05, 0.1) is 7.11 Å². The van der Waals surface area contributed by atoms with Crippen LogP contribution in [0.1, 0.15) is 18.4 Å². The van der Waals surface area contributed by atoms with Crippen molar-refractivity contribution in [2.45, 2.75) is 19.8 Å². The van der Waals surface area contributed by atoms with Crippen LogP contribution >= 0.6 is 0 Å². The van der Waals surface area contributed by atoms with Crippen LogP contribution in [0.5, 0.6) is 17.2 Å². The van der Waals surface area contributed by atoms with Crippen molar-refractivity contribution in [1.82, 2.24) is 19.8 Å². The number of ether oxygens (including phenoxy) is 2. The summed E-state index contributed by atoms with van der Waals surface area (Å²) in [6.45, 7) is 3.32. The van der Waals surface area contributed by atoms with Gasteiger partial charge in [-0.05, 0) is 61.7 Å². The summed E-state index contributed by atoms with van der Waals surface area (Å²) in [5, 5.41) is 15.2. The second-order valence-corrected chi connectivity index (χ2v) is 8.48. The van der Waals surface area contributed by atoms with Crippen molar-refractivity contribution >= 4 is 23.1 Å². The largest absolute Gasteiger partial charge is 0.493 e. The molecule has 1 aliphatic heterocycles. The average Bonchev–Trinajstić information content (AvgIpc) is 3.34. The first-order chi connectivity index (χ1) is 17.0. The van der Waals surface area contributed by atoms with Gasteiger partial charge in [0.1, 0.15) is 12.1 Å². The van der Waals surface area contributed by atoms with E-state index in [1.807, 2.05) is 31.2 Å². The fourth-order valence-corrected chi connectivity index (χ4v) is 4.14. The van der Waals surface area contributed by atoms with Crippen LogP contribution in [0.25, 0.3) is 5.65 Å². The highest BCUT2D eigenvalue weighted by Gasteiger charge is 2.26. The fraction of sp³-hybridized carbons (Fsp3) is 0.280. The number of carbonyl (C=O) groups excluding carboxylic acids is 1. The molecule has 180 valence electrons. The number of piperidine rings is 1. The summed E-state index contributed by atoms with van der Waals surface area (Å²) in [4.78, 5) is 15.0. The van der Waals surface area contributed by atoms with Crippen molar-refractivity contribution < 1.29 is 18.7 Å². The van der Waals surface area contributed by atoms with E-state index in [-0.39, 0.29) is 17.6 Å². The van der Waals surface area contributed by atoms with Crippen molar-refractivity contribution in [3.8, 4) is 17.2 Å². The summed E-state index contributed by atoms with van der Waals surface area (Å²) in [6.07, 6.45) is 2.90. The van der Waals surface area contributed by atoms with Crippen LogP contribution in [-0.2, 0) is 4.79 Å². The zero-order valence-corrected chi connectivity index (χ0v) is 19.4. The van der Waals surface area contributed by atoms with E-state index in [1.54, 1.807) is 23.0 Å². The quantitative estimate of drug-likeness (QED) is 0.445. The first-order valence-corrected chi connectivity index (χ1v) is 11.3. The molecular formula is C25H25FN6O3. The molecule has 1 amide bonds. The Bertz CT molecular complexity index is 1370. The van der Waals surface area contributed by atoms with E-state index in [1.165, 1.54) is 19.2 Å². The number of halogens is 1. The SMILES string of the molecule is COc1cc(C)ccc1Oc1ccc(NC(=O)C2CCN(c3ccc4nncn4n3)CC2)cc1F. The lowest BCUT2D eigenvalue weighted by Crippen LogP contribution is -2.38. The number of fused-ring (bicyclic) bond motifs is 1. The molecule has 0 aliphatic carbocycles. The number of amides is 1. The van der Waals surface area contributed by atoms with Crippen LogP contribution in [0.4, 0.5) is 15.9 Å². The number of hydrogen-bond donors (Lipinski definition) is 1. The van der Waals surface area contributed by atoms with Gasteiger partial charge in [-0.1, -0.05) is 6.07 Å². The van der Waals surface area contributed by atoms with Crippen molar-refractivity contribution in [3.05, 3.63) is 66.2 Å². The van der Waals surface area contributed by atoms with Gasteiger partial charge in [-0.15, -0.1) is 15.3 Å². The molecule has 1 fully saturated rings. The molecule has 0 atom stereocenters. The van der Waals surface area contributed by atoms with Crippen LogP contribution in [0.2, 0.25) is 0 Å². The molecule has 10 heteroatoms. The number of benzene rings is 2. The lowest BCUT2D eigenvalue weighted by Gasteiger charge is -2.32. The highest BCUT2D eigenvalue weighted by molar-refractivity contribution is 5.92. The van der Waals surface area contributed by atoms with E-state index in [0.717, 1.165) is 11.4 Å². The number of rotatable bonds is 6. The number of aryl methyl sites for hydroxylation is 1. The first kappa shape index (κ1) is 22.6. The van der Waals surface area contributed by atoms with E-state index in [9.17, 15) is 9.18 Å². The van der Waals surface area contributed by atoms with Crippen LogP contribution in [0, 0.1) is 18.7 Å². The Labute approximate surface area is 201 Å². The number of nitrogens with one attached hydrogen (secondary N) is 1. The van der Waals surface area contributed by atoms with Gasteiger partial charge >= 0.3 is 0 Å². The third-order valence-corrected chi connectivity index (χ3v) is 6.08. The van der Waals surface area contributed by atoms with Crippen molar-refractivity contribution in [2.24, 2.45) is 5.92 Å². The molecule has 0 unspecified atom stereocenters. The molecule has 0 spiro atoms. The lowest BCUT2D eigenvalue weighted by atomic mass is 9.96. The Kier molecular flexibility index (Phi) is 6.17. The van der Waals surface area contributed by atoms with Gasteiger partial charge in [-0.2, -0.15) is 4.52 Å². The predicted molar refractivity (Wildman–Crippen MR) is 129 cm³/mol. The van der Waals surface area contributed by atoms with Crippen LogP contribution < -0.4 is 19.7 Å². The monoisotopic (exact) mass is 476 g/mol. The molecular weight excluding hydrogens is 451 g/mol. The summed E-state index contributed by atoms with van der Waals surface area (Å²) >= 11 is 0. The maximum absolute atomic E-state index is 14.7. The van der Waals surface area contributed by atoms with E-state index >= 15 is 0 Å². The Morgan fingerprint density at radius 2 is 1.86 bits per heavy atom. The molecule has 1 saturated heterocycles. The average molecular weight is 477 g/mol. The zero-order valence-electron chi connectivity index (χ0n) is 19.4. The van der Waals surface area contributed by atoms with Gasteiger partial charge in [-0.3, -0.25) is 4.79 Å². The number of carbonyl (C=O) groups is 1. The van der Waals surface area contributed by atoms with Crippen molar-refractivity contribution in [3.63, 3.8) is 0 Å². The van der Waals surface area contributed by atoms with Crippen LogP contribution in [-0.4, -0.2) is 45.9 Å². The van der Waals surface area contributed by atoms with Gasteiger partial charge in [-0.25, -0.2) is 4.39 Å². The number of aromatic nitrogens is 4. The summed E-state index contributed by atoms with van der Waals surface area (Å²) in [5.74, 6) is 0.940. The summed E-state index contributed by atoms with van der Waals surface area (Å²) < 4.78 is 27.4. The minimum Gasteiger partial charge on any atom is -0.493 e. The third kappa shape index (κ3) is 4.86. The summed E-state index contributed by atoms with van der Waals surface area (Å²) in [5.41, 5.74) is 2.08. The highest BCUT2D eigenvalue weighted by Crippen LogP contribution is 2.34. The number of hydrogen-bond acceptors (Lipinski definition) is 7. The Balaban J connectivity index is 1.19. The smallest absolute Gasteiger partial charge is 0.227 e. The maximum Gasteiger partial charge on any atom is 0.227 e. The van der Waals surface area contributed by atoms with Gasteiger partial charge in [0.25, 0.3) is 0 Å². The number of methoxy groups -OCH3 is 1. The molecule has 35 heavy (non-hydrogen) atoms. The van der Waals surface area contributed by atoms with Gasteiger partial charge < -0.3 is 19.7 Å². The van der Waals surface area contributed by atoms with Crippen molar-refractivity contribution in [1.29, 1.82) is 0 Å². The predicted octanol–water partition coefficient (Wildman–Crippen LogP) is 4.23. The van der Waals surface area contributed by atoms with Gasteiger partial charge in [0.15, 0.2) is 28.7 Å². The summed E-state index contributed by atoms with van der Waals surface area (Å²) in [7, 11) is 1.54. The highest BCUT2D eigenvalue weighted by atomic mass is 19.1. The number of anilines is 2. The maximum atomic E-state index is 14.7. The minimum atomic E-state index is -0.573. The van der Waals surface area contributed by atoms with Crippen LogP contribution in [0.3, 0.4) is 0 Å². The molecule has 9 nitrogen and oxygen atoms in total. The molecule has 0 bridgehead atoms. The standard InChI is InChI=1S/C25H25FN6O3/c1-16-3-5-21(22(13-16)34-2)35-20-6-4-18(14-19(20)26)28-25(33)17-9-11-31(12-10-17)24-8-7-23-29-27-15-32(23)30-24/h3-8,13-15,17H,9-12H2,1-2H3,(H,28,33). The normalized spacial score (nSPS) is 14.2. The second-order valence-electron chi connectivity index (χ2n) is 8.48. The first-order valence-electron chi connectivity index (χ1n) is 11.3. The van der Waals surface area contributed by atoms with E-state index in [2.05, 4.69) is 25.5 Å². The van der Waals surface area contributed by atoms with E-state index < -0.39 is 5.82 Å². The fourth-order valence-electron chi connectivity index (χ4n) is 4.14. The molecule has 0 saturated carbocycles. The Morgan fingerprint density at radius 3 is 2.63 bits per heavy atom. The molecule has 2 aromatic heterocycles. The molecule has 1 aliphatic rings. The lowest BCUT2D eigenvalue weighted by molar-refractivity contribution is -0.120. The zero-order chi connectivity index (χ0) is 24.4. The second kappa shape index (κ2) is 9.57. The molecule has 0 radical (unpaired) electrons. The Hall–Kier alpha value is -4.21. The minimum absolute atomic E-state index is 0.0519. The van der Waals surface area contributed by atoms with Gasteiger partial charge in [0, 0.05) is 30.8 Å². The molecule has 5 rings (SSSR count). The Morgan fingerprint density at radius 1 is 1.06 bits per heavy atom. The van der Waals surface area contributed by atoms with E-state index in [4.69, 9.17) is 9.47 Å². The molecule has 3 heterocycles. The third-order valence-electron chi connectivity index (χ3n) is 6.08. The topological polar surface area (TPSA) is 93.9 Å². The molecule has 2 aromatic carbocycles.